The van der Waals surface area contributed by atoms with Gasteiger partial charge in [-0.25, -0.2) is 0 Å². The van der Waals surface area contributed by atoms with E-state index in [2.05, 4.69) is 67.2 Å². The third kappa shape index (κ3) is 6.69. The molecule has 0 bridgehead atoms. The predicted molar refractivity (Wildman–Crippen MR) is 150 cm³/mol. The van der Waals surface area contributed by atoms with Crippen LogP contribution in [0.2, 0.25) is 0 Å². The van der Waals surface area contributed by atoms with Crippen LogP contribution in [-0.4, -0.2) is 63.0 Å². The zero-order chi connectivity index (χ0) is 27.4. The van der Waals surface area contributed by atoms with E-state index in [1.54, 1.807) is 23.6 Å². The van der Waals surface area contributed by atoms with E-state index in [0.29, 0.717) is 30.6 Å². The third-order valence-electron chi connectivity index (χ3n) is 6.77. The maximum absolute atomic E-state index is 12.8. The Bertz CT molecular complexity index is 1320. The first-order valence-corrected chi connectivity index (χ1v) is 13.4. The lowest BCUT2D eigenvalue weighted by Crippen LogP contribution is -2.47. The maximum Gasteiger partial charge on any atom is 0.252 e. The second-order valence-corrected chi connectivity index (χ2v) is 11.2. The molecule has 1 fully saturated rings. The molecular formula is C29H40N6O3. The predicted octanol–water partition coefficient (Wildman–Crippen LogP) is 4.07. The summed E-state index contributed by atoms with van der Waals surface area (Å²) in [6, 6.07) is 11.8. The molecule has 38 heavy (non-hydrogen) atoms. The average molecular weight is 521 g/mol. The van der Waals surface area contributed by atoms with Crippen molar-refractivity contribution in [3.63, 3.8) is 0 Å². The molecule has 3 heterocycles. The van der Waals surface area contributed by atoms with E-state index in [9.17, 15) is 9.59 Å². The van der Waals surface area contributed by atoms with Crippen LogP contribution < -0.4 is 15.6 Å². The second-order valence-electron chi connectivity index (χ2n) is 11.2. The summed E-state index contributed by atoms with van der Waals surface area (Å²) in [6.07, 6.45) is 0. The molecule has 1 aliphatic rings. The van der Waals surface area contributed by atoms with Gasteiger partial charge in [0.2, 0.25) is 17.7 Å². The minimum Gasteiger partial charge on any atom is -0.477 e. The number of hydrogen-bond donors (Lipinski definition) is 1. The number of nitrogens with one attached hydrogen (secondary N) is 1. The minimum atomic E-state index is -0.0987. The molecule has 0 radical (unpaired) electrons. The first-order chi connectivity index (χ1) is 18.0. The van der Waals surface area contributed by atoms with Crippen molar-refractivity contribution in [1.82, 2.24) is 24.3 Å². The van der Waals surface area contributed by atoms with Gasteiger partial charge in [0.1, 0.15) is 0 Å². The summed E-state index contributed by atoms with van der Waals surface area (Å²) < 4.78 is 7.56. The van der Waals surface area contributed by atoms with E-state index >= 15 is 0 Å². The SMILES string of the molecule is CCOc1nc(N[C@@H](C)c2ccc(CN3CCN(C(C)=O)CC3)cc2)nc2c1ccc(=O)n2CC(C)(C)C. The van der Waals surface area contributed by atoms with Crippen LogP contribution in [-0.2, 0) is 17.9 Å². The Balaban J connectivity index is 1.52. The van der Waals surface area contributed by atoms with Crippen molar-refractivity contribution in [3.05, 3.63) is 57.9 Å². The van der Waals surface area contributed by atoms with Crippen molar-refractivity contribution in [3.8, 4) is 5.88 Å². The number of carbonyl (C=O) groups excluding carboxylic acids is 1. The molecule has 3 aromatic rings. The fourth-order valence-electron chi connectivity index (χ4n) is 4.74. The van der Waals surface area contributed by atoms with Crippen LogP contribution >= 0.6 is 0 Å². The highest BCUT2D eigenvalue weighted by molar-refractivity contribution is 5.81. The Morgan fingerprint density at radius 3 is 2.34 bits per heavy atom. The Kier molecular flexibility index (Phi) is 8.35. The number of aromatic nitrogens is 3. The number of benzene rings is 1. The van der Waals surface area contributed by atoms with E-state index in [0.717, 1.165) is 43.7 Å². The third-order valence-corrected chi connectivity index (χ3v) is 6.77. The number of ether oxygens (including phenoxy) is 1. The van der Waals surface area contributed by atoms with Crippen LogP contribution in [0.25, 0.3) is 11.0 Å². The zero-order valence-electron chi connectivity index (χ0n) is 23.5. The second kappa shape index (κ2) is 11.5. The largest absolute Gasteiger partial charge is 0.477 e. The molecule has 9 heteroatoms. The summed E-state index contributed by atoms with van der Waals surface area (Å²) in [4.78, 5) is 38.0. The lowest BCUT2D eigenvalue weighted by atomic mass is 9.97. The van der Waals surface area contributed by atoms with Crippen LogP contribution in [0.4, 0.5) is 5.95 Å². The molecule has 1 atom stereocenters. The monoisotopic (exact) mass is 520 g/mol. The Morgan fingerprint density at radius 2 is 1.74 bits per heavy atom. The van der Waals surface area contributed by atoms with Crippen LogP contribution in [0, 0.1) is 5.41 Å². The van der Waals surface area contributed by atoms with Crippen LogP contribution in [0.5, 0.6) is 5.88 Å². The van der Waals surface area contributed by atoms with Gasteiger partial charge in [0.05, 0.1) is 18.0 Å². The van der Waals surface area contributed by atoms with Gasteiger partial charge in [0.25, 0.3) is 5.56 Å². The molecule has 1 aromatic carbocycles. The summed E-state index contributed by atoms with van der Waals surface area (Å²) in [5.74, 6) is 1.04. The molecule has 204 valence electrons. The maximum atomic E-state index is 12.8. The smallest absolute Gasteiger partial charge is 0.252 e. The van der Waals surface area contributed by atoms with E-state index < -0.39 is 0 Å². The first-order valence-electron chi connectivity index (χ1n) is 13.4. The Hall–Kier alpha value is -3.46. The molecule has 0 unspecified atom stereocenters. The lowest BCUT2D eigenvalue weighted by Gasteiger charge is -2.34. The number of nitrogens with zero attached hydrogens (tertiary/aromatic N) is 5. The number of rotatable bonds is 8. The molecule has 1 amide bonds. The van der Waals surface area contributed by atoms with Gasteiger partial charge in [-0.3, -0.25) is 19.1 Å². The Morgan fingerprint density at radius 1 is 1.05 bits per heavy atom. The summed E-state index contributed by atoms with van der Waals surface area (Å²) in [7, 11) is 0. The molecule has 1 saturated heterocycles. The van der Waals surface area contributed by atoms with Gasteiger partial charge in [-0.15, -0.1) is 0 Å². The van der Waals surface area contributed by atoms with Crippen molar-refractivity contribution in [2.45, 2.75) is 60.7 Å². The number of piperazine rings is 1. The minimum absolute atomic E-state index is 0.0541. The molecule has 0 aliphatic carbocycles. The molecule has 0 saturated carbocycles. The van der Waals surface area contributed by atoms with Crippen LogP contribution in [0.15, 0.2) is 41.2 Å². The topological polar surface area (TPSA) is 92.6 Å². The Labute approximate surface area is 224 Å². The summed E-state index contributed by atoms with van der Waals surface area (Å²) >= 11 is 0. The molecule has 2 aromatic heterocycles. The van der Waals surface area contributed by atoms with Gasteiger partial charge in [-0.05, 0) is 36.5 Å². The standard InChI is InChI=1S/C29H40N6O3/c1-7-38-27-24-12-13-25(37)35(19-29(4,5)6)26(24)31-28(32-27)30-20(2)23-10-8-22(9-11-23)18-33-14-16-34(17-15-33)21(3)36/h8-13,20H,7,14-19H2,1-6H3,(H,30,31,32)/t20-/m0/s1. The van der Waals surface area contributed by atoms with Crippen LogP contribution in [0.3, 0.4) is 0 Å². The van der Waals surface area contributed by atoms with Gasteiger partial charge in [-0.1, -0.05) is 45.0 Å². The normalized spacial score (nSPS) is 15.5. The highest BCUT2D eigenvalue weighted by atomic mass is 16.5. The van der Waals surface area contributed by atoms with Gasteiger partial charge in [0, 0.05) is 52.3 Å². The van der Waals surface area contributed by atoms with Gasteiger partial charge in [-0.2, -0.15) is 9.97 Å². The molecular weight excluding hydrogens is 480 g/mol. The molecule has 1 aliphatic heterocycles. The zero-order valence-corrected chi connectivity index (χ0v) is 23.5. The van der Waals surface area contributed by atoms with Crippen LogP contribution in [0.1, 0.15) is 58.7 Å². The van der Waals surface area contributed by atoms with Crippen molar-refractivity contribution < 1.29 is 9.53 Å². The number of amides is 1. The fourth-order valence-corrected chi connectivity index (χ4v) is 4.74. The van der Waals surface area contributed by atoms with Gasteiger partial charge < -0.3 is 15.0 Å². The fraction of sp³-hybridized carbons (Fsp3) is 0.517. The van der Waals surface area contributed by atoms with Crippen molar-refractivity contribution in [1.29, 1.82) is 0 Å². The molecule has 0 spiro atoms. The van der Waals surface area contributed by atoms with Gasteiger partial charge >= 0.3 is 0 Å². The first kappa shape index (κ1) is 27.6. The number of fused-ring (bicyclic) bond motifs is 1. The van der Waals surface area contributed by atoms with E-state index in [-0.39, 0.29) is 22.9 Å². The average Bonchev–Trinajstić information content (AvgIpc) is 2.86. The number of anilines is 1. The molecule has 9 nitrogen and oxygen atoms in total. The quantitative estimate of drug-likeness (QED) is 0.479. The summed E-state index contributed by atoms with van der Waals surface area (Å²) in [5, 5.41) is 4.13. The lowest BCUT2D eigenvalue weighted by molar-refractivity contribution is -0.130. The molecule has 1 N–H and O–H groups in total. The summed E-state index contributed by atoms with van der Waals surface area (Å²) in [5.41, 5.74) is 2.73. The number of pyridine rings is 1. The highest BCUT2D eigenvalue weighted by Gasteiger charge is 2.20. The van der Waals surface area contributed by atoms with Crippen molar-refractivity contribution in [2.24, 2.45) is 5.41 Å². The highest BCUT2D eigenvalue weighted by Crippen LogP contribution is 2.27. The van der Waals surface area contributed by atoms with E-state index in [4.69, 9.17) is 9.72 Å². The van der Waals surface area contributed by atoms with Crippen molar-refractivity contribution in [2.75, 3.05) is 38.1 Å². The number of hydrogen-bond acceptors (Lipinski definition) is 7. The number of carbonyl (C=O) groups is 1. The summed E-state index contributed by atoms with van der Waals surface area (Å²) in [6.45, 7) is 17.1. The van der Waals surface area contributed by atoms with Gasteiger partial charge in [0.15, 0.2) is 5.65 Å². The van der Waals surface area contributed by atoms with E-state index in [1.165, 1.54) is 5.56 Å². The molecule has 4 rings (SSSR count). The van der Waals surface area contributed by atoms with E-state index in [1.807, 2.05) is 11.8 Å². The van der Waals surface area contributed by atoms with Crippen molar-refractivity contribution >= 4 is 22.9 Å².